The number of rotatable bonds is 4. The zero-order chi connectivity index (χ0) is 21.4. The number of nitrogens with zero attached hydrogens (tertiary/aromatic N) is 3. The smallest absolute Gasteiger partial charge is 0.345 e. The second-order valence-electron chi connectivity index (χ2n) is 7.98. The summed E-state index contributed by atoms with van der Waals surface area (Å²) in [6.45, 7) is 6.50. The number of benzene rings is 2. The second kappa shape index (κ2) is 8.04. The van der Waals surface area contributed by atoms with E-state index < -0.39 is 5.63 Å². The van der Waals surface area contributed by atoms with Crippen molar-refractivity contribution in [2.75, 3.05) is 26.2 Å². The topological polar surface area (TPSA) is 58.7 Å². The maximum Gasteiger partial charge on any atom is 0.345 e. The van der Waals surface area contributed by atoms with Crippen LogP contribution in [0.3, 0.4) is 0 Å². The second-order valence-corrected chi connectivity index (χ2v) is 7.98. The number of aromatic nitrogens is 1. The number of fused-ring (bicyclic) bond motifs is 3. The van der Waals surface area contributed by atoms with E-state index in [1.54, 1.807) is 12.1 Å². The van der Waals surface area contributed by atoms with Gasteiger partial charge in [-0.3, -0.25) is 9.69 Å². The van der Waals surface area contributed by atoms with Crippen LogP contribution >= 0.6 is 0 Å². The van der Waals surface area contributed by atoms with Crippen molar-refractivity contribution >= 4 is 27.8 Å². The molecule has 1 saturated heterocycles. The van der Waals surface area contributed by atoms with Crippen LogP contribution in [0.15, 0.2) is 69.9 Å². The van der Waals surface area contributed by atoms with Gasteiger partial charge in [-0.15, -0.1) is 0 Å². The Balaban J connectivity index is 1.42. The Morgan fingerprint density at radius 2 is 1.65 bits per heavy atom. The maximum absolute atomic E-state index is 13.4. The Bertz CT molecular complexity index is 1300. The summed E-state index contributed by atoms with van der Waals surface area (Å²) in [5, 5.41) is 1.32. The van der Waals surface area contributed by atoms with Gasteiger partial charge < -0.3 is 13.9 Å². The summed E-state index contributed by atoms with van der Waals surface area (Å²) in [4.78, 5) is 30.3. The lowest BCUT2D eigenvalue weighted by Gasteiger charge is -2.34. The number of carbonyl (C=O) groups excluding carboxylic acids is 1. The summed E-state index contributed by atoms with van der Waals surface area (Å²) >= 11 is 0. The van der Waals surface area contributed by atoms with E-state index in [4.69, 9.17) is 4.42 Å². The minimum Gasteiger partial charge on any atom is -0.422 e. The normalized spacial score (nSPS) is 15.1. The first-order valence-electron chi connectivity index (χ1n) is 10.8. The molecule has 1 aliphatic rings. The molecule has 2 aromatic heterocycles. The minimum atomic E-state index is -0.400. The highest BCUT2D eigenvalue weighted by molar-refractivity contribution is 6.07. The molecule has 158 valence electrons. The highest BCUT2D eigenvalue weighted by atomic mass is 16.4. The third kappa shape index (κ3) is 3.53. The number of hydrogen-bond acceptors (Lipinski definition) is 4. The van der Waals surface area contributed by atoms with Gasteiger partial charge in [0.2, 0.25) is 0 Å². The van der Waals surface area contributed by atoms with Gasteiger partial charge in [0, 0.05) is 44.7 Å². The predicted octanol–water partition coefficient (Wildman–Crippen LogP) is 3.73. The third-order valence-corrected chi connectivity index (χ3v) is 6.11. The van der Waals surface area contributed by atoms with Crippen molar-refractivity contribution in [3.8, 4) is 0 Å². The van der Waals surface area contributed by atoms with Crippen molar-refractivity contribution in [3.05, 3.63) is 82.3 Å². The fourth-order valence-corrected chi connectivity index (χ4v) is 4.52. The van der Waals surface area contributed by atoms with Crippen LogP contribution in [0.2, 0.25) is 0 Å². The average molecular weight is 415 g/mol. The molecular weight excluding hydrogens is 390 g/mol. The fourth-order valence-electron chi connectivity index (χ4n) is 4.52. The third-order valence-electron chi connectivity index (χ3n) is 6.11. The Hall–Kier alpha value is -3.38. The van der Waals surface area contributed by atoms with Gasteiger partial charge in [-0.2, -0.15) is 0 Å². The zero-order valence-electron chi connectivity index (χ0n) is 17.6. The van der Waals surface area contributed by atoms with Crippen molar-refractivity contribution < 1.29 is 9.21 Å². The van der Waals surface area contributed by atoms with E-state index in [1.807, 2.05) is 40.7 Å². The summed E-state index contributed by atoms with van der Waals surface area (Å²) < 4.78 is 7.43. The van der Waals surface area contributed by atoms with Gasteiger partial charge in [0.25, 0.3) is 5.91 Å². The Kier molecular flexibility index (Phi) is 5.08. The van der Waals surface area contributed by atoms with Crippen LogP contribution in [0, 0.1) is 0 Å². The summed E-state index contributed by atoms with van der Waals surface area (Å²) in [6, 6.07) is 19.6. The van der Waals surface area contributed by atoms with Crippen molar-refractivity contribution in [2.24, 2.45) is 0 Å². The Morgan fingerprint density at radius 1 is 0.935 bits per heavy atom. The molecule has 4 aromatic rings. The van der Waals surface area contributed by atoms with Gasteiger partial charge in [-0.25, -0.2) is 4.79 Å². The number of hydrogen-bond donors (Lipinski definition) is 0. The first-order chi connectivity index (χ1) is 15.2. The minimum absolute atomic E-state index is 0.0270. The van der Waals surface area contributed by atoms with E-state index in [2.05, 4.69) is 29.2 Å². The van der Waals surface area contributed by atoms with E-state index in [9.17, 15) is 9.59 Å². The highest BCUT2D eigenvalue weighted by Crippen LogP contribution is 2.27. The van der Waals surface area contributed by atoms with Crippen molar-refractivity contribution in [3.63, 3.8) is 0 Å². The summed E-state index contributed by atoms with van der Waals surface area (Å²) in [5.74, 6) is -0.0270. The van der Waals surface area contributed by atoms with Gasteiger partial charge in [-0.1, -0.05) is 42.5 Å². The van der Waals surface area contributed by atoms with Gasteiger partial charge in [0.1, 0.15) is 11.3 Å². The van der Waals surface area contributed by atoms with Gasteiger partial charge in [0.15, 0.2) is 0 Å². The first kappa shape index (κ1) is 19.6. The monoisotopic (exact) mass is 415 g/mol. The molecule has 0 spiro atoms. The SMILES string of the molecule is CCn1c(C(=O)N2CCN(Cc3ccccc3)CC2)cc2c(=O)oc3ccccc3c21. The molecular formula is C25H25N3O3. The zero-order valence-corrected chi connectivity index (χ0v) is 17.6. The van der Waals surface area contributed by atoms with Crippen LogP contribution in [0.1, 0.15) is 23.0 Å². The van der Waals surface area contributed by atoms with Crippen molar-refractivity contribution in [2.45, 2.75) is 20.0 Å². The summed E-state index contributed by atoms with van der Waals surface area (Å²) in [5.41, 5.74) is 2.76. The molecule has 31 heavy (non-hydrogen) atoms. The molecule has 0 bridgehead atoms. The first-order valence-corrected chi connectivity index (χ1v) is 10.8. The molecule has 3 heterocycles. The molecule has 0 saturated carbocycles. The fraction of sp³-hybridized carbons (Fsp3) is 0.280. The molecule has 0 atom stereocenters. The van der Waals surface area contributed by atoms with Crippen LogP contribution in [0.4, 0.5) is 0 Å². The number of carbonyl (C=O) groups is 1. The Morgan fingerprint density at radius 3 is 2.39 bits per heavy atom. The highest BCUT2D eigenvalue weighted by Gasteiger charge is 2.26. The number of piperazine rings is 1. The molecule has 0 unspecified atom stereocenters. The van der Waals surface area contributed by atoms with E-state index in [0.29, 0.717) is 36.3 Å². The molecule has 1 amide bonds. The average Bonchev–Trinajstić information content (AvgIpc) is 3.20. The quantitative estimate of drug-likeness (QED) is 0.477. The lowest BCUT2D eigenvalue weighted by molar-refractivity contribution is 0.0618. The maximum atomic E-state index is 13.4. The van der Waals surface area contributed by atoms with E-state index in [-0.39, 0.29) is 5.91 Å². The largest absolute Gasteiger partial charge is 0.422 e. The van der Waals surface area contributed by atoms with Crippen LogP contribution in [-0.2, 0) is 13.1 Å². The molecule has 1 aliphatic heterocycles. The number of para-hydroxylation sites is 1. The molecule has 6 nitrogen and oxygen atoms in total. The molecule has 0 N–H and O–H groups in total. The molecule has 0 radical (unpaired) electrons. The standard InChI is InChI=1S/C25H25N3O3/c1-2-28-21(16-20-23(28)19-10-6-7-11-22(19)31-25(20)30)24(29)27-14-12-26(13-15-27)17-18-8-4-3-5-9-18/h3-11,16H,2,12-15,17H2,1H3. The van der Waals surface area contributed by atoms with Crippen LogP contribution < -0.4 is 5.63 Å². The van der Waals surface area contributed by atoms with Crippen LogP contribution in [-0.4, -0.2) is 46.5 Å². The molecule has 1 fully saturated rings. The summed E-state index contributed by atoms with van der Waals surface area (Å²) in [6.07, 6.45) is 0. The molecule has 5 rings (SSSR count). The van der Waals surface area contributed by atoms with E-state index >= 15 is 0 Å². The Labute approximate surface area is 180 Å². The van der Waals surface area contributed by atoms with Gasteiger partial charge in [0.05, 0.1) is 10.9 Å². The predicted molar refractivity (Wildman–Crippen MR) is 121 cm³/mol. The van der Waals surface area contributed by atoms with Gasteiger partial charge in [-0.05, 0) is 30.7 Å². The lowest BCUT2D eigenvalue weighted by Crippen LogP contribution is -2.48. The van der Waals surface area contributed by atoms with Crippen molar-refractivity contribution in [1.82, 2.24) is 14.4 Å². The van der Waals surface area contributed by atoms with Gasteiger partial charge >= 0.3 is 5.63 Å². The molecule has 6 heteroatoms. The van der Waals surface area contributed by atoms with E-state index in [1.165, 1.54) is 5.56 Å². The number of amides is 1. The molecule has 0 aliphatic carbocycles. The van der Waals surface area contributed by atoms with E-state index in [0.717, 1.165) is 30.5 Å². The van der Waals surface area contributed by atoms with Crippen molar-refractivity contribution in [1.29, 1.82) is 0 Å². The van der Waals surface area contributed by atoms with Crippen LogP contribution in [0.5, 0.6) is 0 Å². The van der Waals surface area contributed by atoms with Crippen LogP contribution in [0.25, 0.3) is 21.9 Å². The number of aryl methyl sites for hydroxylation is 1. The lowest BCUT2D eigenvalue weighted by atomic mass is 10.2. The molecule has 2 aromatic carbocycles. The summed E-state index contributed by atoms with van der Waals surface area (Å²) in [7, 11) is 0.